The van der Waals surface area contributed by atoms with Crippen LogP contribution in [0.5, 0.6) is 0 Å². The lowest BCUT2D eigenvalue weighted by Gasteiger charge is -2.28. The lowest BCUT2D eigenvalue weighted by Crippen LogP contribution is -2.30. The van der Waals surface area contributed by atoms with Crippen LogP contribution in [-0.4, -0.2) is 11.0 Å². The second-order valence-corrected chi connectivity index (χ2v) is 5.99. The van der Waals surface area contributed by atoms with Crippen LogP contribution in [0.15, 0.2) is 36.5 Å². The first-order valence-corrected chi connectivity index (χ1v) is 6.76. The van der Waals surface area contributed by atoms with Gasteiger partial charge < -0.3 is 5.32 Å². The van der Waals surface area contributed by atoms with Crippen LogP contribution in [0.4, 0.5) is 5.69 Å². The van der Waals surface area contributed by atoms with Gasteiger partial charge >= 0.3 is 0 Å². The molecule has 1 heterocycles. The highest BCUT2D eigenvalue weighted by Gasteiger charge is 2.34. The number of benzene rings is 1. The molecular weight excluding hydrogens is 220 g/mol. The van der Waals surface area contributed by atoms with Gasteiger partial charge in [0, 0.05) is 11.4 Å². The number of aromatic nitrogens is 1. The van der Waals surface area contributed by atoms with Crippen LogP contribution < -0.4 is 5.32 Å². The number of hydrogen-bond donors (Lipinski definition) is 1. The summed E-state index contributed by atoms with van der Waals surface area (Å²) in [6.45, 7) is 4.71. The van der Waals surface area contributed by atoms with Crippen molar-refractivity contribution in [3.8, 4) is 0 Å². The third kappa shape index (κ3) is 2.07. The van der Waals surface area contributed by atoms with Crippen molar-refractivity contribution in [3.63, 3.8) is 0 Å². The second-order valence-electron chi connectivity index (χ2n) is 5.99. The predicted octanol–water partition coefficient (Wildman–Crippen LogP) is 4.23. The molecule has 1 N–H and O–H groups in total. The fraction of sp³-hybridized carbons (Fsp3) is 0.438. The molecule has 18 heavy (non-hydrogen) atoms. The van der Waals surface area contributed by atoms with Gasteiger partial charge in [-0.25, -0.2) is 0 Å². The minimum Gasteiger partial charge on any atom is -0.381 e. The van der Waals surface area contributed by atoms with E-state index in [1.165, 1.54) is 24.6 Å². The Morgan fingerprint density at radius 1 is 1.28 bits per heavy atom. The zero-order chi connectivity index (χ0) is 12.6. The van der Waals surface area contributed by atoms with Gasteiger partial charge in [-0.1, -0.05) is 38.5 Å². The van der Waals surface area contributed by atoms with Gasteiger partial charge in [0.15, 0.2) is 0 Å². The van der Waals surface area contributed by atoms with Crippen molar-refractivity contribution in [2.24, 2.45) is 5.41 Å². The van der Waals surface area contributed by atoms with Gasteiger partial charge in [0.1, 0.15) is 0 Å². The summed E-state index contributed by atoms with van der Waals surface area (Å²) >= 11 is 0. The fourth-order valence-corrected chi connectivity index (χ4v) is 2.95. The molecule has 1 unspecified atom stereocenters. The molecule has 1 saturated carbocycles. The van der Waals surface area contributed by atoms with E-state index in [2.05, 4.69) is 48.4 Å². The predicted molar refractivity (Wildman–Crippen MR) is 76.8 cm³/mol. The van der Waals surface area contributed by atoms with Crippen molar-refractivity contribution >= 4 is 16.6 Å². The Morgan fingerprint density at radius 3 is 2.89 bits per heavy atom. The third-order valence-corrected chi connectivity index (χ3v) is 4.19. The highest BCUT2D eigenvalue weighted by atomic mass is 15.0. The SMILES string of the molecule is CC1(C)CCCC1Nc1cnc2ccccc2c1. The zero-order valence-corrected chi connectivity index (χ0v) is 11.1. The number of nitrogens with zero attached hydrogens (tertiary/aromatic N) is 1. The van der Waals surface area contributed by atoms with E-state index in [1.54, 1.807) is 0 Å². The Kier molecular flexibility index (Phi) is 2.73. The van der Waals surface area contributed by atoms with E-state index in [0.717, 1.165) is 11.2 Å². The molecule has 0 saturated heterocycles. The summed E-state index contributed by atoms with van der Waals surface area (Å²) in [7, 11) is 0. The van der Waals surface area contributed by atoms with Crippen molar-refractivity contribution in [1.29, 1.82) is 0 Å². The Balaban J connectivity index is 1.87. The molecule has 3 rings (SSSR count). The van der Waals surface area contributed by atoms with Crippen LogP contribution >= 0.6 is 0 Å². The normalized spacial score (nSPS) is 22.2. The van der Waals surface area contributed by atoms with Crippen molar-refractivity contribution in [3.05, 3.63) is 36.5 Å². The molecule has 0 radical (unpaired) electrons. The molecule has 0 amide bonds. The summed E-state index contributed by atoms with van der Waals surface area (Å²) in [5.74, 6) is 0. The third-order valence-electron chi connectivity index (χ3n) is 4.19. The van der Waals surface area contributed by atoms with Gasteiger partial charge in [0.2, 0.25) is 0 Å². The summed E-state index contributed by atoms with van der Waals surface area (Å²) in [5.41, 5.74) is 2.61. The van der Waals surface area contributed by atoms with Crippen LogP contribution in [0, 0.1) is 5.41 Å². The maximum absolute atomic E-state index is 4.51. The number of rotatable bonds is 2. The van der Waals surface area contributed by atoms with Crippen LogP contribution in [0.2, 0.25) is 0 Å². The maximum Gasteiger partial charge on any atom is 0.0703 e. The van der Waals surface area contributed by atoms with E-state index in [0.29, 0.717) is 11.5 Å². The fourth-order valence-electron chi connectivity index (χ4n) is 2.95. The summed E-state index contributed by atoms with van der Waals surface area (Å²) in [6.07, 6.45) is 5.86. The summed E-state index contributed by atoms with van der Waals surface area (Å²) < 4.78 is 0. The molecule has 0 spiro atoms. The van der Waals surface area contributed by atoms with E-state index in [9.17, 15) is 0 Å². The Labute approximate surface area is 108 Å². The van der Waals surface area contributed by atoms with Crippen LogP contribution in [0.25, 0.3) is 10.9 Å². The Morgan fingerprint density at radius 2 is 2.11 bits per heavy atom. The van der Waals surface area contributed by atoms with E-state index in [1.807, 2.05) is 12.3 Å². The van der Waals surface area contributed by atoms with E-state index in [4.69, 9.17) is 0 Å². The minimum atomic E-state index is 0.394. The topological polar surface area (TPSA) is 24.9 Å². The highest BCUT2D eigenvalue weighted by Crippen LogP contribution is 2.39. The van der Waals surface area contributed by atoms with Crippen molar-refractivity contribution in [1.82, 2.24) is 4.98 Å². The van der Waals surface area contributed by atoms with Crippen LogP contribution in [-0.2, 0) is 0 Å². The molecule has 1 aliphatic rings. The summed E-state index contributed by atoms with van der Waals surface area (Å²) in [4.78, 5) is 4.51. The smallest absolute Gasteiger partial charge is 0.0703 e. The first-order chi connectivity index (χ1) is 8.65. The van der Waals surface area contributed by atoms with Crippen molar-refractivity contribution in [2.75, 3.05) is 5.32 Å². The Hall–Kier alpha value is -1.57. The van der Waals surface area contributed by atoms with Crippen LogP contribution in [0.1, 0.15) is 33.1 Å². The van der Waals surface area contributed by atoms with E-state index < -0.39 is 0 Å². The lowest BCUT2D eigenvalue weighted by atomic mass is 9.87. The molecule has 1 aliphatic carbocycles. The van der Waals surface area contributed by atoms with E-state index in [-0.39, 0.29) is 0 Å². The molecule has 2 nitrogen and oxygen atoms in total. The summed E-state index contributed by atoms with van der Waals surface area (Å²) in [6, 6.07) is 11.0. The van der Waals surface area contributed by atoms with Gasteiger partial charge in [-0.2, -0.15) is 0 Å². The van der Waals surface area contributed by atoms with Gasteiger partial charge in [-0.3, -0.25) is 4.98 Å². The molecule has 94 valence electrons. The molecule has 0 bridgehead atoms. The molecule has 1 aromatic heterocycles. The molecule has 1 atom stereocenters. The van der Waals surface area contributed by atoms with Gasteiger partial charge in [-0.15, -0.1) is 0 Å². The molecule has 2 heteroatoms. The van der Waals surface area contributed by atoms with Crippen LogP contribution in [0.3, 0.4) is 0 Å². The zero-order valence-electron chi connectivity index (χ0n) is 11.1. The molecular formula is C16H20N2. The first kappa shape index (κ1) is 11.5. The quantitative estimate of drug-likeness (QED) is 0.850. The number of nitrogens with one attached hydrogen (secondary N) is 1. The summed E-state index contributed by atoms with van der Waals surface area (Å²) in [5, 5.41) is 4.87. The number of para-hydroxylation sites is 1. The lowest BCUT2D eigenvalue weighted by molar-refractivity contribution is 0.350. The molecule has 1 aromatic carbocycles. The number of fused-ring (bicyclic) bond motifs is 1. The highest BCUT2D eigenvalue weighted by molar-refractivity contribution is 5.81. The van der Waals surface area contributed by atoms with E-state index >= 15 is 0 Å². The number of hydrogen-bond acceptors (Lipinski definition) is 2. The average Bonchev–Trinajstić information content (AvgIpc) is 2.69. The standard InChI is InChI=1S/C16H20N2/c1-16(2)9-5-8-15(16)18-13-10-12-6-3-4-7-14(12)17-11-13/h3-4,6-7,10-11,15,18H,5,8-9H2,1-2H3. The molecule has 1 fully saturated rings. The maximum atomic E-state index is 4.51. The second kappa shape index (κ2) is 4.27. The number of anilines is 1. The van der Waals surface area contributed by atoms with Gasteiger partial charge in [0.05, 0.1) is 17.4 Å². The molecule has 0 aliphatic heterocycles. The monoisotopic (exact) mass is 240 g/mol. The van der Waals surface area contributed by atoms with Gasteiger partial charge in [-0.05, 0) is 30.4 Å². The van der Waals surface area contributed by atoms with Gasteiger partial charge in [0.25, 0.3) is 0 Å². The number of pyridine rings is 1. The Bertz CT molecular complexity index is 560. The first-order valence-electron chi connectivity index (χ1n) is 6.76. The average molecular weight is 240 g/mol. The van der Waals surface area contributed by atoms with Crippen molar-refractivity contribution in [2.45, 2.75) is 39.2 Å². The molecule has 2 aromatic rings. The van der Waals surface area contributed by atoms with Crippen molar-refractivity contribution < 1.29 is 0 Å². The largest absolute Gasteiger partial charge is 0.381 e. The minimum absolute atomic E-state index is 0.394.